The van der Waals surface area contributed by atoms with Crippen molar-refractivity contribution >= 4 is 23.6 Å². The van der Waals surface area contributed by atoms with Gasteiger partial charge in [-0.1, -0.05) is 12.1 Å². The second kappa shape index (κ2) is 7.05. The molecule has 0 radical (unpaired) electrons. The Balaban J connectivity index is 1.20. The van der Waals surface area contributed by atoms with Gasteiger partial charge in [0, 0.05) is 16.1 Å². The Hall–Kier alpha value is -1.56. The maximum Gasteiger partial charge on any atom is 0.239 e. The van der Waals surface area contributed by atoms with Gasteiger partial charge in [0.15, 0.2) is 0 Å². The fraction of sp³-hybridized carbons (Fsp3) is 0.636. The van der Waals surface area contributed by atoms with Gasteiger partial charge in [0.1, 0.15) is 5.82 Å². The van der Waals surface area contributed by atoms with Crippen molar-refractivity contribution in [1.29, 1.82) is 0 Å². The highest BCUT2D eigenvalue weighted by Crippen LogP contribution is 2.60. The third-order valence-electron chi connectivity index (χ3n) is 7.29. The van der Waals surface area contributed by atoms with E-state index in [0.29, 0.717) is 22.6 Å². The van der Waals surface area contributed by atoms with Crippen molar-refractivity contribution in [2.75, 3.05) is 12.3 Å². The minimum absolute atomic E-state index is 0.00880. The zero-order valence-electron chi connectivity index (χ0n) is 16.0. The second-order valence-electron chi connectivity index (χ2n) is 9.30. The van der Waals surface area contributed by atoms with Crippen LogP contribution >= 0.6 is 11.8 Å². The molecule has 6 heteroatoms. The summed E-state index contributed by atoms with van der Waals surface area (Å²) in [5.74, 6) is 2.55. The van der Waals surface area contributed by atoms with E-state index in [0.717, 1.165) is 37.0 Å². The van der Waals surface area contributed by atoms with Crippen LogP contribution in [-0.4, -0.2) is 24.1 Å². The van der Waals surface area contributed by atoms with Gasteiger partial charge in [-0.05, 0) is 74.3 Å². The standard InChI is InChI=1S/C22H27FN2O2S/c23-17-3-1-2-16-18(4-5-28-20(16)17)25-19(26)12-24-21(27)22-9-13-6-14(10-22)8-15(7-13)11-22/h1-3,13-15,18H,4-12H2,(H,24,27)(H,25,26). The molecule has 4 fully saturated rings. The summed E-state index contributed by atoms with van der Waals surface area (Å²) >= 11 is 1.50. The van der Waals surface area contributed by atoms with E-state index in [2.05, 4.69) is 10.6 Å². The molecule has 0 spiro atoms. The summed E-state index contributed by atoms with van der Waals surface area (Å²) in [5.41, 5.74) is 0.615. The lowest BCUT2D eigenvalue weighted by Crippen LogP contribution is -2.54. The lowest BCUT2D eigenvalue weighted by molar-refractivity contribution is -0.147. The highest BCUT2D eigenvalue weighted by molar-refractivity contribution is 7.99. The van der Waals surface area contributed by atoms with Gasteiger partial charge in [-0.25, -0.2) is 4.39 Å². The molecular weight excluding hydrogens is 375 g/mol. The van der Waals surface area contributed by atoms with E-state index in [9.17, 15) is 14.0 Å². The van der Waals surface area contributed by atoms with Gasteiger partial charge in [0.05, 0.1) is 12.6 Å². The van der Waals surface area contributed by atoms with Crippen LogP contribution in [0.1, 0.15) is 56.6 Å². The van der Waals surface area contributed by atoms with Crippen LogP contribution in [0.5, 0.6) is 0 Å². The molecule has 2 amide bonds. The Bertz CT molecular complexity index is 776. The number of amides is 2. The molecule has 4 bridgehead atoms. The number of carbonyl (C=O) groups excluding carboxylic acids is 2. The highest BCUT2D eigenvalue weighted by Gasteiger charge is 2.54. The van der Waals surface area contributed by atoms with Gasteiger partial charge in [-0.3, -0.25) is 9.59 Å². The number of carbonyl (C=O) groups is 2. The smallest absolute Gasteiger partial charge is 0.239 e. The van der Waals surface area contributed by atoms with Crippen LogP contribution in [0.25, 0.3) is 0 Å². The molecule has 1 atom stereocenters. The average Bonchev–Trinajstić information content (AvgIpc) is 2.66. The van der Waals surface area contributed by atoms with E-state index in [1.807, 2.05) is 6.07 Å². The summed E-state index contributed by atoms with van der Waals surface area (Å²) in [4.78, 5) is 26.1. The van der Waals surface area contributed by atoms with E-state index in [1.54, 1.807) is 6.07 Å². The van der Waals surface area contributed by atoms with Crippen LogP contribution in [0.15, 0.2) is 23.1 Å². The lowest BCUT2D eigenvalue weighted by atomic mass is 9.49. The molecule has 1 unspecified atom stereocenters. The molecule has 5 aliphatic rings. The number of hydrogen-bond donors (Lipinski definition) is 2. The Morgan fingerprint density at radius 2 is 1.79 bits per heavy atom. The van der Waals surface area contributed by atoms with E-state index in [4.69, 9.17) is 0 Å². The Kier molecular flexibility index (Phi) is 4.65. The predicted molar refractivity (Wildman–Crippen MR) is 106 cm³/mol. The predicted octanol–water partition coefficient (Wildman–Crippen LogP) is 3.81. The Morgan fingerprint density at radius 3 is 2.46 bits per heavy atom. The maximum absolute atomic E-state index is 14.0. The molecule has 6 rings (SSSR count). The first-order chi connectivity index (χ1) is 13.5. The molecule has 1 aromatic rings. The molecular formula is C22H27FN2O2S. The Labute approximate surface area is 169 Å². The van der Waals surface area contributed by atoms with Crippen molar-refractivity contribution < 1.29 is 14.0 Å². The molecule has 4 nitrogen and oxygen atoms in total. The zero-order valence-corrected chi connectivity index (χ0v) is 16.8. The third kappa shape index (κ3) is 3.23. The third-order valence-corrected chi connectivity index (χ3v) is 8.45. The van der Waals surface area contributed by atoms with Crippen LogP contribution in [-0.2, 0) is 9.59 Å². The van der Waals surface area contributed by atoms with Crippen molar-refractivity contribution in [3.63, 3.8) is 0 Å². The Morgan fingerprint density at radius 1 is 1.11 bits per heavy atom. The van der Waals surface area contributed by atoms with Gasteiger partial charge in [0.2, 0.25) is 11.8 Å². The fourth-order valence-electron chi connectivity index (χ4n) is 6.52. The van der Waals surface area contributed by atoms with E-state index in [1.165, 1.54) is 37.1 Å². The van der Waals surface area contributed by atoms with Crippen LogP contribution < -0.4 is 10.6 Å². The normalized spacial score (nSPS) is 35.3. The molecule has 150 valence electrons. The van der Waals surface area contributed by atoms with Gasteiger partial charge < -0.3 is 10.6 Å². The fourth-order valence-corrected chi connectivity index (χ4v) is 7.66. The molecule has 1 heterocycles. The number of hydrogen-bond acceptors (Lipinski definition) is 3. The quantitative estimate of drug-likeness (QED) is 0.805. The van der Waals surface area contributed by atoms with Crippen molar-refractivity contribution in [2.24, 2.45) is 23.2 Å². The van der Waals surface area contributed by atoms with Gasteiger partial charge in [-0.15, -0.1) is 11.8 Å². The molecule has 0 aromatic heterocycles. The van der Waals surface area contributed by atoms with Crippen LogP contribution in [0.2, 0.25) is 0 Å². The number of nitrogens with one attached hydrogen (secondary N) is 2. The van der Waals surface area contributed by atoms with Gasteiger partial charge >= 0.3 is 0 Å². The van der Waals surface area contributed by atoms with E-state index in [-0.39, 0.29) is 35.6 Å². The molecule has 2 N–H and O–H groups in total. The summed E-state index contributed by atoms with van der Waals surface area (Å²) in [5, 5.41) is 5.93. The van der Waals surface area contributed by atoms with Gasteiger partial charge in [-0.2, -0.15) is 0 Å². The van der Waals surface area contributed by atoms with Crippen LogP contribution in [0, 0.1) is 29.0 Å². The molecule has 28 heavy (non-hydrogen) atoms. The number of halogens is 1. The second-order valence-corrected chi connectivity index (χ2v) is 10.4. The van der Waals surface area contributed by atoms with E-state index >= 15 is 0 Å². The van der Waals surface area contributed by atoms with E-state index < -0.39 is 0 Å². The summed E-state index contributed by atoms with van der Waals surface area (Å²) in [6.07, 6.45) is 7.65. The average molecular weight is 403 g/mol. The van der Waals surface area contributed by atoms with Gasteiger partial charge in [0.25, 0.3) is 0 Å². The topological polar surface area (TPSA) is 58.2 Å². The maximum atomic E-state index is 14.0. The van der Waals surface area contributed by atoms with Crippen molar-refractivity contribution in [3.05, 3.63) is 29.6 Å². The summed E-state index contributed by atoms with van der Waals surface area (Å²) in [7, 11) is 0. The molecule has 4 saturated carbocycles. The van der Waals surface area contributed by atoms with Crippen molar-refractivity contribution in [2.45, 2.75) is 55.9 Å². The first-order valence-corrected chi connectivity index (χ1v) is 11.5. The number of fused-ring (bicyclic) bond motifs is 1. The highest BCUT2D eigenvalue weighted by atomic mass is 32.2. The van der Waals surface area contributed by atoms with Crippen LogP contribution in [0.3, 0.4) is 0 Å². The summed E-state index contributed by atoms with van der Waals surface area (Å²) in [6.45, 7) is 0.00880. The van der Waals surface area contributed by atoms with Crippen molar-refractivity contribution in [1.82, 2.24) is 10.6 Å². The molecule has 1 aliphatic heterocycles. The monoisotopic (exact) mass is 402 g/mol. The molecule has 0 saturated heterocycles. The summed E-state index contributed by atoms with van der Waals surface area (Å²) in [6, 6.07) is 4.84. The largest absolute Gasteiger partial charge is 0.348 e. The lowest BCUT2D eigenvalue weighted by Gasteiger charge is -2.55. The number of rotatable bonds is 4. The zero-order chi connectivity index (χ0) is 19.3. The SMILES string of the molecule is O=C(CNC(=O)C12CC3CC(CC(C3)C1)C2)NC1CCSc2c(F)cccc21. The van der Waals surface area contributed by atoms with Crippen LogP contribution in [0.4, 0.5) is 4.39 Å². The summed E-state index contributed by atoms with van der Waals surface area (Å²) < 4.78 is 14.0. The molecule has 1 aromatic carbocycles. The van der Waals surface area contributed by atoms with Crippen molar-refractivity contribution in [3.8, 4) is 0 Å². The minimum Gasteiger partial charge on any atom is -0.348 e. The number of benzene rings is 1. The molecule has 4 aliphatic carbocycles. The first-order valence-electron chi connectivity index (χ1n) is 10.5. The minimum atomic E-state index is -0.230. The number of thioether (sulfide) groups is 1. The first kappa shape index (κ1) is 18.5.